The van der Waals surface area contributed by atoms with Crippen LogP contribution in [0, 0.1) is 0 Å². The fourth-order valence-corrected chi connectivity index (χ4v) is 2.30. The fourth-order valence-electron chi connectivity index (χ4n) is 2.13. The van der Waals surface area contributed by atoms with Gasteiger partial charge in [-0.05, 0) is 30.5 Å². The molecule has 1 heterocycles. The molecule has 0 unspecified atom stereocenters. The van der Waals surface area contributed by atoms with Crippen molar-refractivity contribution in [3.05, 3.63) is 29.2 Å². The third-order valence-corrected chi connectivity index (χ3v) is 3.37. The zero-order valence-electron chi connectivity index (χ0n) is 8.65. The Hall–Kier alpha value is -1.35. The van der Waals surface area contributed by atoms with E-state index in [2.05, 4.69) is 9.97 Å². The minimum atomic E-state index is 0.169. The van der Waals surface area contributed by atoms with Crippen LogP contribution in [0.25, 0.3) is 10.9 Å². The zero-order valence-corrected chi connectivity index (χ0v) is 9.41. The van der Waals surface area contributed by atoms with Crippen molar-refractivity contribution >= 4 is 22.5 Å². The van der Waals surface area contributed by atoms with Gasteiger partial charge in [0.2, 0.25) is 5.28 Å². The summed E-state index contributed by atoms with van der Waals surface area (Å²) in [4.78, 5) is 8.39. The minimum Gasteiger partial charge on any atom is -0.506 e. The topological polar surface area (TPSA) is 46.0 Å². The first-order valence-electron chi connectivity index (χ1n) is 5.41. The van der Waals surface area contributed by atoms with E-state index in [4.69, 9.17) is 11.6 Å². The lowest BCUT2D eigenvalue weighted by atomic mass is 9.81. The Labute approximate surface area is 98.1 Å². The van der Waals surface area contributed by atoms with Gasteiger partial charge >= 0.3 is 0 Å². The molecule has 1 saturated carbocycles. The lowest BCUT2D eigenvalue weighted by Gasteiger charge is -2.25. The van der Waals surface area contributed by atoms with Crippen LogP contribution in [0.3, 0.4) is 0 Å². The van der Waals surface area contributed by atoms with Crippen molar-refractivity contribution in [2.45, 2.75) is 25.2 Å². The van der Waals surface area contributed by atoms with Crippen molar-refractivity contribution in [1.29, 1.82) is 0 Å². The van der Waals surface area contributed by atoms with Gasteiger partial charge in [0.05, 0.1) is 5.69 Å². The molecule has 1 aliphatic carbocycles. The van der Waals surface area contributed by atoms with Gasteiger partial charge < -0.3 is 5.11 Å². The molecule has 3 nitrogen and oxygen atoms in total. The molecule has 0 amide bonds. The Morgan fingerprint density at radius 1 is 1.25 bits per heavy atom. The molecule has 16 heavy (non-hydrogen) atoms. The molecule has 0 bridgehead atoms. The van der Waals surface area contributed by atoms with Crippen LogP contribution in [-0.2, 0) is 0 Å². The molecule has 0 radical (unpaired) electrons. The molecule has 1 N–H and O–H groups in total. The summed E-state index contributed by atoms with van der Waals surface area (Å²) in [5.74, 6) is 0.646. The van der Waals surface area contributed by atoms with Gasteiger partial charge in [0.15, 0.2) is 0 Å². The number of hydrogen-bond acceptors (Lipinski definition) is 3. The lowest BCUT2D eigenvalue weighted by molar-refractivity contribution is 0.413. The van der Waals surface area contributed by atoms with Gasteiger partial charge in [0.1, 0.15) is 11.3 Å². The Morgan fingerprint density at radius 2 is 2.06 bits per heavy atom. The van der Waals surface area contributed by atoms with E-state index in [1.54, 1.807) is 6.07 Å². The van der Waals surface area contributed by atoms with Gasteiger partial charge in [-0.25, -0.2) is 9.97 Å². The molecule has 2 aromatic rings. The van der Waals surface area contributed by atoms with Crippen molar-refractivity contribution < 1.29 is 5.11 Å². The molecule has 0 aliphatic heterocycles. The van der Waals surface area contributed by atoms with Crippen LogP contribution in [-0.4, -0.2) is 15.1 Å². The maximum absolute atomic E-state index is 9.74. The van der Waals surface area contributed by atoms with Gasteiger partial charge in [-0.2, -0.15) is 0 Å². The third kappa shape index (κ3) is 1.43. The fraction of sp³-hybridized carbons (Fsp3) is 0.333. The second-order valence-electron chi connectivity index (χ2n) is 4.18. The molecule has 82 valence electrons. The van der Waals surface area contributed by atoms with Crippen molar-refractivity contribution in [2.24, 2.45) is 0 Å². The van der Waals surface area contributed by atoms with Gasteiger partial charge in [-0.3, -0.25) is 0 Å². The van der Waals surface area contributed by atoms with E-state index < -0.39 is 0 Å². The largest absolute Gasteiger partial charge is 0.506 e. The lowest BCUT2D eigenvalue weighted by Crippen LogP contribution is -2.11. The summed E-state index contributed by atoms with van der Waals surface area (Å²) >= 11 is 5.89. The Bertz CT molecular complexity index is 552. The second kappa shape index (κ2) is 3.59. The normalized spacial score (nSPS) is 16.3. The van der Waals surface area contributed by atoms with E-state index in [9.17, 15) is 5.11 Å². The highest BCUT2D eigenvalue weighted by molar-refractivity contribution is 6.28. The zero-order chi connectivity index (χ0) is 11.1. The average Bonchev–Trinajstić information content (AvgIpc) is 2.17. The van der Waals surface area contributed by atoms with E-state index in [0.717, 1.165) is 23.9 Å². The number of phenols is 1. The number of para-hydroxylation sites is 1. The van der Waals surface area contributed by atoms with Gasteiger partial charge in [-0.1, -0.05) is 18.6 Å². The summed E-state index contributed by atoms with van der Waals surface area (Å²) in [6, 6.07) is 5.38. The van der Waals surface area contributed by atoms with E-state index in [-0.39, 0.29) is 11.0 Å². The van der Waals surface area contributed by atoms with Crippen molar-refractivity contribution in [3.63, 3.8) is 0 Å². The molecule has 0 atom stereocenters. The van der Waals surface area contributed by atoms with Crippen LogP contribution in [0.2, 0.25) is 5.28 Å². The molecular formula is C12H11ClN2O. The predicted octanol–water partition coefficient (Wildman–Crippen LogP) is 3.26. The van der Waals surface area contributed by atoms with Crippen LogP contribution >= 0.6 is 11.6 Å². The number of phenolic OH excluding ortho intramolecular Hbond substituents is 1. The smallest absolute Gasteiger partial charge is 0.223 e. The van der Waals surface area contributed by atoms with Crippen LogP contribution in [0.15, 0.2) is 18.2 Å². The Morgan fingerprint density at radius 3 is 2.75 bits per heavy atom. The first-order chi connectivity index (χ1) is 7.75. The van der Waals surface area contributed by atoms with Gasteiger partial charge in [0, 0.05) is 11.3 Å². The Balaban J connectivity index is 2.29. The summed E-state index contributed by atoms with van der Waals surface area (Å²) in [6.45, 7) is 0. The quantitative estimate of drug-likeness (QED) is 0.771. The van der Waals surface area contributed by atoms with Gasteiger partial charge in [-0.15, -0.1) is 0 Å². The molecule has 1 aromatic heterocycles. The summed E-state index contributed by atoms with van der Waals surface area (Å²) in [5.41, 5.74) is 1.54. The number of halogens is 1. The molecular weight excluding hydrogens is 224 g/mol. The first kappa shape index (κ1) is 9.85. The van der Waals surface area contributed by atoms with Crippen LogP contribution in [0.5, 0.6) is 5.75 Å². The number of benzene rings is 1. The van der Waals surface area contributed by atoms with Gasteiger partial charge in [0.25, 0.3) is 0 Å². The molecule has 0 saturated heterocycles. The van der Waals surface area contributed by atoms with Crippen molar-refractivity contribution in [2.75, 3.05) is 0 Å². The number of hydrogen-bond donors (Lipinski definition) is 1. The number of rotatable bonds is 1. The number of aromatic hydroxyl groups is 1. The molecule has 1 aliphatic rings. The summed E-state index contributed by atoms with van der Waals surface area (Å²) in [6.07, 6.45) is 3.54. The molecule has 3 rings (SSSR count). The van der Waals surface area contributed by atoms with Crippen LogP contribution in [0.1, 0.15) is 30.9 Å². The molecule has 0 spiro atoms. The van der Waals surface area contributed by atoms with E-state index in [1.165, 1.54) is 6.42 Å². The van der Waals surface area contributed by atoms with E-state index in [1.807, 2.05) is 12.1 Å². The summed E-state index contributed by atoms with van der Waals surface area (Å²) < 4.78 is 0. The van der Waals surface area contributed by atoms with Crippen molar-refractivity contribution in [3.8, 4) is 5.75 Å². The summed E-state index contributed by atoms with van der Waals surface area (Å²) in [5, 5.41) is 10.9. The second-order valence-corrected chi connectivity index (χ2v) is 4.52. The highest BCUT2D eigenvalue weighted by Crippen LogP contribution is 2.39. The van der Waals surface area contributed by atoms with Crippen LogP contribution < -0.4 is 0 Å². The van der Waals surface area contributed by atoms with Crippen LogP contribution in [0.4, 0.5) is 0 Å². The van der Waals surface area contributed by atoms with E-state index in [0.29, 0.717) is 11.4 Å². The maximum atomic E-state index is 9.74. The highest BCUT2D eigenvalue weighted by atomic mass is 35.5. The average molecular weight is 235 g/mol. The monoisotopic (exact) mass is 234 g/mol. The highest BCUT2D eigenvalue weighted by Gasteiger charge is 2.24. The minimum absolute atomic E-state index is 0.169. The third-order valence-electron chi connectivity index (χ3n) is 3.20. The molecule has 1 fully saturated rings. The standard InChI is InChI=1S/C12H11ClN2O/c13-12-14-10(7-3-1-4-7)8-5-2-6-9(16)11(8)15-12/h2,5-7,16H,1,3-4H2. The Kier molecular flexibility index (Phi) is 2.21. The SMILES string of the molecule is Oc1cccc2c(C3CCC3)nc(Cl)nc12. The first-order valence-corrected chi connectivity index (χ1v) is 5.78. The van der Waals surface area contributed by atoms with E-state index >= 15 is 0 Å². The number of nitrogens with zero attached hydrogens (tertiary/aromatic N) is 2. The predicted molar refractivity (Wildman–Crippen MR) is 62.8 cm³/mol. The summed E-state index contributed by atoms with van der Waals surface area (Å²) in [7, 11) is 0. The molecule has 4 heteroatoms. The number of fused-ring (bicyclic) bond motifs is 1. The molecule has 1 aromatic carbocycles. The maximum Gasteiger partial charge on any atom is 0.223 e. The number of aromatic nitrogens is 2. The van der Waals surface area contributed by atoms with Crippen molar-refractivity contribution in [1.82, 2.24) is 9.97 Å².